The second-order valence-electron chi connectivity index (χ2n) is 14.8. The molecule has 0 saturated carbocycles. The maximum absolute atomic E-state index is 17.8. The summed E-state index contributed by atoms with van der Waals surface area (Å²) in [5.41, 5.74) is 5.74. The van der Waals surface area contributed by atoms with Crippen LogP contribution in [0, 0.1) is 0 Å². The second-order valence-corrected chi connectivity index (χ2v) is 17.2. The summed E-state index contributed by atoms with van der Waals surface area (Å²) in [6.45, 7) is 0. The van der Waals surface area contributed by atoms with Crippen molar-refractivity contribution < 1.29 is 4.57 Å². The quantitative estimate of drug-likeness (QED) is 0.104. The molecule has 0 bridgehead atoms. The lowest BCUT2D eigenvalue weighted by atomic mass is 10.2. The summed E-state index contributed by atoms with van der Waals surface area (Å²) < 4.78 is 19.5. The van der Waals surface area contributed by atoms with Crippen molar-refractivity contribution >= 4 is 64.4 Å². The molecule has 2 aromatic heterocycles. The van der Waals surface area contributed by atoms with Gasteiger partial charge in [-0.2, -0.15) is 19.9 Å². The van der Waals surface area contributed by atoms with Gasteiger partial charge in [-0.15, -0.1) is 0 Å². The van der Waals surface area contributed by atoms with Crippen molar-refractivity contribution in [2.75, 3.05) is 14.5 Å². The summed E-state index contributed by atoms with van der Waals surface area (Å²) in [7, 11) is -4.52. The number of aromatic nitrogens is 6. The molecule has 11 heteroatoms. The first kappa shape index (κ1) is 40.5. The average Bonchev–Trinajstić information content (AvgIpc) is 3.39. The topological polar surface area (TPSA) is 104 Å². The maximum Gasteiger partial charge on any atom is 0.306 e. The van der Waals surface area contributed by atoms with E-state index in [9.17, 15) is 0 Å². The van der Waals surface area contributed by atoms with Crippen molar-refractivity contribution in [1.29, 1.82) is 0 Å². The van der Waals surface area contributed by atoms with E-state index in [1.54, 1.807) is 4.67 Å². The van der Waals surface area contributed by atoms with Crippen LogP contribution >= 0.6 is 7.29 Å². The van der Waals surface area contributed by atoms with Gasteiger partial charge in [0.1, 0.15) is 0 Å². The van der Waals surface area contributed by atoms with Gasteiger partial charge in [0, 0.05) is 45.3 Å². The van der Waals surface area contributed by atoms with E-state index in [-0.39, 0.29) is 23.0 Å². The highest BCUT2D eigenvalue weighted by atomic mass is 31.2. The molecule has 0 amide bonds. The standard InChI is InChI=1S/C54H40N9OP/c64-65(63(47-37-21-7-22-38-47)48-39-23-8-24-40-48,53-57-49(41-25-9-1-10-26-41)55-51(59-53)61(43-29-13-3-14-30-43)44-31-15-4-16-32-44)54-58-50(42-27-11-2-12-28-42)56-52(60-54)62(45-33-17-5-18-34-45)46-35-19-6-20-36-46/h1-40H. The van der Waals surface area contributed by atoms with Crippen LogP contribution < -0.4 is 25.6 Å². The summed E-state index contributed by atoms with van der Waals surface area (Å²) in [5, 5.41) is 0. The lowest BCUT2D eigenvalue weighted by Gasteiger charge is -2.33. The van der Waals surface area contributed by atoms with Crippen molar-refractivity contribution in [3.63, 3.8) is 0 Å². The molecule has 0 saturated heterocycles. The Morgan fingerprint density at radius 3 is 0.800 bits per heavy atom. The van der Waals surface area contributed by atoms with Crippen molar-refractivity contribution in [3.05, 3.63) is 243 Å². The van der Waals surface area contributed by atoms with E-state index in [1.807, 2.05) is 252 Å². The minimum Gasteiger partial charge on any atom is -0.283 e. The molecular weight excluding hydrogens is 822 g/mol. The first-order valence-corrected chi connectivity index (χ1v) is 22.7. The van der Waals surface area contributed by atoms with Gasteiger partial charge in [0.05, 0.1) is 0 Å². The molecule has 0 fully saturated rings. The van der Waals surface area contributed by atoms with Gasteiger partial charge in [0.25, 0.3) is 0 Å². The van der Waals surface area contributed by atoms with E-state index in [0.29, 0.717) is 34.2 Å². The number of rotatable bonds is 13. The molecule has 0 aliphatic heterocycles. The summed E-state index contributed by atoms with van der Waals surface area (Å²) in [5.74, 6) is 1.13. The fourth-order valence-corrected chi connectivity index (χ4v) is 9.93. The van der Waals surface area contributed by atoms with Gasteiger partial charge in [0.2, 0.25) is 23.0 Å². The van der Waals surface area contributed by atoms with E-state index in [1.165, 1.54) is 0 Å². The minimum absolute atomic E-state index is 0.0342. The summed E-state index contributed by atoms with van der Waals surface area (Å²) in [6, 6.07) is 78.0. The number of hydrogen-bond acceptors (Lipinski definition) is 9. The van der Waals surface area contributed by atoms with Crippen LogP contribution in [0.2, 0.25) is 0 Å². The average molecular weight is 862 g/mol. The van der Waals surface area contributed by atoms with Crippen molar-refractivity contribution in [1.82, 2.24) is 29.9 Å². The number of benzene rings is 8. The van der Waals surface area contributed by atoms with Crippen LogP contribution in [0.3, 0.4) is 0 Å². The molecule has 312 valence electrons. The van der Waals surface area contributed by atoms with Gasteiger partial charge in [-0.3, -0.25) is 19.0 Å². The van der Waals surface area contributed by atoms with E-state index >= 15 is 4.57 Å². The molecule has 10 nitrogen and oxygen atoms in total. The smallest absolute Gasteiger partial charge is 0.283 e. The lowest BCUT2D eigenvalue weighted by molar-refractivity contribution is 0.584. The zero-order valence-electron chi connectivity index (χ0n) is 35.0. The Labute approximate surface area is 377 Å². The molecule has 0 aliphatic rings. The zero-order valence-corrected chi connectivity index (χ0v) is 35.9. The molecular formula is C54H40N9OP. The minimum atomic E-state index is -4.52. The predicted molar refractivity (Wildman–Crippen MR) is 262 cm³/mol. The SMILES string of the molecule is O=P(c1nc(-c2ccccc2)nc(N(c2ccccc2)c2ccccc2)n1)(c1nc(-c2ccccc2)nc(N(c2ccccc2)c2ccccc2)n1)N(c1ccccc1)c1ccccc1. The largest absolute Gasteiger partial charge is 0.306 e. The van der Waals surface area contributed by atoms with Crippen molar-refractivity contribution in [2.24, 2.45) is 0 Å². The Balaban J connectivity index is 1.33. The summed E-state index contributed by atoms with van der Waals surface area (Å²) >= 11 is 0. The molecule has 0 N–H and O–H groups in total. The highest BCUT2D eigenvalue weighted by Gasteiger charge is 2.45. The van der Waals surface area contributed by atoms with Crippen LogP contribution in [0.4, 0.5) is 46.0 Å². The van der Waals surface area contributed by atoms with Crippen LogP contribution in [0.15, 0.2) is 243 Å². The predicted octanol–water partition coefficient (Wildman–Crippen LogP) is 12.4. The van der Waals surface area contributed by atoms with Gasteiger partial charge in [0.15, 0.2) is 11.6 Å². The van der Waals surface area contributed by atoms with E-state index in [0.717, 1.165) is 22.7 Å². The third kappa shape index (κ3) is 8.37. The maximum atomic E-state index is 17.8. The zero-order chi connectivity index (χ0) is 43.8. The first-order chi connectivity index (χ1) is 32.1. The van der Waals surface area contributed by atoms with E-state index < -0.39 is 7.29 Å². The Morgan fingerprint density at radius 1 is 0.277 bits per heavy atom. The number of anilines is 8. The third-order valence-corrected chi connectivity index (χ3v) is 13.1. The normalized spacial score (nSPS) is 11.1. The molecule has 2 heterocycles. The monoisotopic (exact) mass is 861 g/mol. The molecule has 0 atom stereocenters. The number of para-hydroxylation sites is 6. The number of nitrogens with zero attached hydrogens (tertiary/aromatic N) is 9. The van der Waals surface area contributed by atoms with Gasteiger partial charge in [-0.1, -0.05) is 170 Å². The second kappa shape index (κ2) is 18.4. The first-order valence-electron chi connectivity index (χ1n) is 21.1. The molecule has 10 rings (SSSR count). The van der Waals surface area contributed by atoms with Crippen molar-refractivity contribution in [2.45, 2.75) is 0 Å². The van der Waals surface area contributed by atoms with E-state index in [4.69, 9.17) is 29.9 Å². The van der Waals surface area contributed by atoms with Crippen LogP contribution in [0.5, 0.6) is 0 Å². The van der Waals surface area contributed by atoms with Gasteiger partial charge in [-0.05, 0) is 72.8 Å². The fourth-order valence-electron chi connectivity index (χ4n) is 7.56. The molecule has 0 unspecified atom stereocenters. The van der Waals surface area contributed by atoms with Gasteiger partial charge < -0.3 is 0 Å². The molecule has 65 heavy (non-hydrogen) atoms. The van der Waals surface area contributed by atoms with Crippen molar-refractivity contribution in [3.8, 4) is 22.8 Å². The summed E-state index contributed by atoms with van der Waals surface area (Å²) in [6.07, 6.45) is 0. The van der Waals surface area contributed by atoms with Crippen LogP contribution in [0.25, 0.3) is 22.8 Å². The Bertz CT molecular complexity index is 2890. The summed E-state index contributed by atoms with van der Waals surface area (Å²) in [4.78, 5) is 35.3. The van der Waals surface area contributed by atoms with Crippen LogP contribution in [0.1, 0.15) is 0 Å². The highest BCUT2D eigenvalue weighted by Crippen LogP contribution is 2.54. The third-order valence-electron chi connectivity index (χ3n) is 10.6. The Kier molecular flexibility index (Phi) is 11.5. The molecule has 0 radical (unpaired) electrons. The highest BCUT2D eigenvalue weighted by molar-refractivity contribution is 7.79. The Morgan fingerprint density at radius 2 is 0.523 bits per heavy atom. The van der Waals surface area contributed by atoms with E-state index in [2.05, 4.69) is 0 Å². The van der Waals surface area contributed by atoms with Gasteiger partial charge in [-0.25, -0.2) is 9.97 Å². The van der Waals surface area contributed by atoms with Crippen LogP contribution in [-0.4, -0.2) is 29.9 Å². The molecule has 0 spiro atoms. The molecule has 10 aromatic rings. The number of hydrogen-bond donors (Lipinski definition) is 0. The lowest BCUT2D eigenvalue weighted by Crippen LogP contribution is -2.37. The fraction of sp³-hybridized carbons (Fsp3) is 0. The van der Waals surface area contributed by atoms with Crippen LogP contribution in [-0.2, 0) is 4.57 Å². The molecule has 8 aromatic carbocycles. The molecule has 0 aliphatic carbocycles. The Hall–Kier alpha value is -8.59. The van der Waals surface area contributed by atoms with Gasteiger partial charge >= 0.3 is 7.29 Å².